The van der Waals surface area contributed by atoms with Crippen molar-refractivity contribution in [2.45, 2.75) is 141 Å². The molecule has 0 saturated carbocycles. The van der Waals surface area contributed by atoms with E-state index in [1.807, 2.05) is 39.0 Å². The number of methoxy groups -OCH3 is 2. The molecule has 0 aromatic heterocycles. The molecule has 1 spiro atoms. The number of ether oxygens (including phenoxy) is 8. The number of esters is 1. The molecule has 2 bridgehead atoms. The SMILES string of the molecule is COC(=O)N/N=C1\[C@H](C)O[C@@H](O[C@@H]2/C(C)=C/C[C@@H]3C[C@@H](C[C@]4(C=C[C@H](C)[C@@H](C(C)C)O4)O3)OC(=O)[C@@H]3C=C(C)[C@@H](O)[C@H]4OC/C(=C\C=C\[C@@H]2C)[C@]43O)C[C@@H]1OC. The highest BCUT2D eigenvalue weighted by Crippen LogP contribution is 2.47. The quantitative estimate of drug-likeness (QED) is 0.198. The van der Waals surface area contributed by atoms with Crippen molar-refractivity contribution in [1.82, 2.24) is 5.43 Å². The number of nitrogens with one attached hydrogen (secondary N) is 1. The molecule has 14 nitrogen and oxygen atoms in total. The van der Waals surface area contributed by atoms with Crippen LogP contribution >= 0.6 is 0 Å². The minimum absolute atomic E-state index is 0.0253. The van der Waals surface area contributed by atoms with Gasteiger partial charge in [-0.1, -0.05) is 64.2 Å². The highest BCUT2D eigenvalue weighted by atomic mass is 16.7. The Hall–Kier alpha value is -3.21. The number of fused-ring (bicyclic) bond motifs is 2. The summed E-state index contributed by atoms with van der Waals surface area (Å²) in [5.41, 5.74) is 2.95. The number of aliphatic hydroxyl groups is 2. The lowest BCUT2D eigenvalue weighted by atomic mass is 9.71. The van der Waals surface area contributed by atoms with Gasteiger partial charge in [0.05, 0.1) is 37.7 Å². The predicted octanol–water partition coefficient (Wildman–Crippen LogP) is 4.80. The predicted molar refractivity (Wildman–Crippen MR) is 205 cm³/mol. The average molecular weight is 785 g/mol. The molecule has 0 aromatic carbocycles. The van der Waals surface area contributed by atoms with Crippen molar-refractivity contribution in [3.8, 4) is 0 Å². The molecule has 6 aliphatic rings. The van der Waals surface area contributed by atoms with Gasteiger partial charge in [0.15, 0.2) is 12.1 Å². The van der Waals surface area contributed by atoms with Crippen LogP contribution in [0, 0.1) is 23.7 Å². The number of carbonyl (C=O) groups excluding carboxylic acids is 2. The zero-order chi connectivity index (χ0) is 40.5. The molecule has 5 aliphatic heterocycles. The molecule has 1 amide bonds. The fourth-order valence-corrected chi connectivity index (χ4v) is 8.95. The Morgan fingerprint density at radius 2 is 1.82 bits per heavy atom. The highest BCUT2D eigenvalue weighted by molar-refractivity contribution is 5.93. The van der Waals surface area contributed by atoms with Gasteiger partial charge in [0, 0.05) is 38.2 Å². The van der Waals surface area contributed by atoms with Crippen LogP contribution in [0.25, 0.3) is 0 Å². The van der Waals surface area contributed by atoms with E-state index >= 15 is 0 Å². The Morgan fingerprint density at radius 1 is 1.05 bits per heavy atom. The summed E-state index contributed by atoms with van der Waals surface area (Å²) in [4.78, 5) is 26.0. The third kappa shape index (κ3) is 8.63. The number of rotatable bonds is 5. The van der Waals surface area contributed by atoms with Crippen molar-refractivity contribution in [2.75, 3.05) is 20.8 Å². The molecule has 0 aromatic rings. The summed E-state index contributed by atoms with van der Waals surface area (Å²) in [6.45, 7) is 14.0. The molecule has 3 saturated heterocycles. The maximum Gasteiger partial charge on any atom is 0.427 e. The fraction of sp³-hybridized carbons (Fsp3) is 0.690. The minimum atomic E-state index is -1.84. The lowest BCUT2D eigenvalue weighted by Crippen LogP contribution is -2.58. The van der Waals surface area contributed by atoms with Crippen molar-refractivity contribution >= 4 is 17.8 Å². The van der Waals surface area contributed by atoms with Crippen LogP contribution < -0.4 is 5.43 Å². The molecule has 6 rings (SSSR count). The van der Waals surface area contributed by atoms with Gasteiger partial charge in [-0.25, -0.2) is 10.2 Å². The van der Waals surface area contributed by atoms with Crippen molar-refractivity contribution in [3.63, 3.8) is 0 Å². The molecule has 3 N–H and O–H groups in total. The monoisotopic (exact) mass is 784 g/mol. The second kappa shape index (κ2) is 17.3. The van der Waals surface area contributed by atoms with Crippen molar-refractivity contribution in [2.24, 2.45) is 28.8 Å². The molecule has 0 radical (unpaired) electrons. The summed E-state index contributed by atoms with van der Waals surface area (Å²) in [6.07, 6.45) is 8.69. The average Bonchev–Trinajstić information content (AvgIpc) is 3.50. The first kappa shape index (κ1) is 42.4. The number of hydrogen-bond acceptors (Lipinski definition) is 13. The molecule has 5 heterocycles. The van der Waals surface area contributed by atoms with E-state index in [1.165, 1.54) is 7.11 Å². The van der Waals surface area contributed by atoms with Crippen molar-refractivity contribution < 1.29 is 57.7 Å². The highest BCUT2D eigenvalue weighted by Gasteiger charge is 2.60. The molecule has 14 atom stereocenters. The summed E-state index contributed by atoms with van der Waals surface area (Å²) in [6, 6.07) is 0. The fourth-order valence-electron chi connectivity index (χ4n) is 8.95. The van der Waals surface area contributed by atoms with Gasteiger partial charge in [0.2, 0.25) is 0 Å². The third-order valence-electron chi connectivity index (χ3n) is 12.0. The first-order chi connectivity index (χ1) is 26.6. The summed E-state index contributed by atoms with van der Waals surface area (Å²) in [5.74, 6) is -2.65. The van der Waals surface area contributed by atoms with Gasteiger partial charge in [0.25, 0.3) is 0 Å². The zero-order valence-electron chi connectivity index (χ0n) is 34.0. The van der Waals surface area contributed by atoms with E-state index in [1.54, 1.807) is 26.2 Å². The first-order valence-corrected chi connectivity index (χ1v) is 19.8. The normalized spacial score (nSPS) is 44.9. The number of amides is 1. The molecule has 56 heavy (non-hydrogen) atoms. The van der Waals surface area contributed by atoms with Crippen LogP contribution in [0.4, 0.5) is 4.79 Å². The van der Waals surface area contributed by atoms with Crippen LogP contribution in [0.3, 0.4) is 0 Å². The van der Waals surface area contributed by atoms with Gasteiger partial charge >= 0.3 is 12.1 Å². The summed E-state index contributed by atoms with van der Waals surface area (Å²) in [5, 5.41) is 27.7. The van der Waals surface area contributed by atoms with Crippen LogP contribution in [0.2, 0.25) is 0 Å². The molecule has 310 valence electrons. The van der Waals surface area contributed by atoms with Gasteiger partial charge < -0.3 is 48.1 Å². The number of carbonyl (C=O) groups is 2. The smallest absolute Gasteiger partial charge is 0.427 e. The van der Waals surface area contributed by atoms with Crippen LogP contribution in [0.5, 0.6) is 0 Å². The van der Waals surface area contributed by atoms with Crippen LogP contribution in [-0.4, -0.2) is 115 Å². The van der Waals surface area contributed by atoms with E-state index in [9.17, 15) is 19.8 Å². The van der Waals surface area contributed by atoms with E-state index in [0.29, 0.717) is 36.1 Å². The Kier molecular flexibility index (Phi) is 13.1. The number of nitrogens with zero attached hydrogens (tertiary/aromatic N) is 1. The maximum absolute atomic E-state index is 14.2. The van der Waals surface area contributed by atoms with Gasteiger partial charge in [-0.05, 0) is 55.9 Å². The van der Waals surface area contributed by atoms with E-state index in [-0.39, 0.29) is 36.9 Å². The van der Waals surface area contributed by atoms with Gasteiger partial charge in [-0.2, -0.15) is 5.10 Å². The van der Waals surface area contributed by atoms with Gasteiger partial charge in [0.1, 0.15) is 42.0 Å². The summed E-state index contributed by atoms with van der Waals surface area (Å²) < 4.78 is 49.4. The molecular formula is C42H60N2O12. The second-order valence-electron chi connectivity index (χ2n) is 16.5. The largest absolute Gasteiger partial charge is 0.462 e. The van der Waals surface area contributed by atoms with E-state index in [2.05, 4.69) is 48.2 Å². The Balaban J connectivity index is 1.36. The minimum Gasteiger partial charge on any atom is -0.462 e. The molecular weight excluding hydrogens is 724 g/mol. The standard InChI is InChI=1S/C42H60N2O12/c1-22(2)36-25(5)15-16-41(56-36)20-30-18-29(55-41)14-13-24(4)37(54-33-19-32(49-8)34(27(7)52-33)43-44-40(47)50-9)23(3)11-10-12-28-21-51-38-35(45)26(6)17-31(39(46)53-30)42(28,38)48/h10-13,15-17,22-23,25,27,29-33,35-38,45,48H,14,18-21H2,1-9H3,(H,44,47)/b11-10+,24-13+,28-12+,43-34+/t23-,25-,27-,29+,30-,31-,32-,33-,35+,36+,37-,38+,41+,42+/m0/s1. The molecule has 1 aliphatic carbocycles. The van der Waals surface area contributed by atoms with Crippen molar-refractivity contribution in [1.29, 1.82) is 0 Å². The topological polar surface area (TPSA) is 173 Å². The number of hydrogen-bond donors (Lipinski definition) is 3. The summed E-state index contributed by atoms with van der Waals surface area (Å²) >= 11 is 0. The zero-order valence-corrected chi connectivity index (χ0v) is 34.0. The lowest BCUT2D eigenvalue weighted by Gasteiger charge is -2.48. The van der Waals surface area contributed by atoms with Crippen LogP contribution in [0.1, 0.15) is 74.1 Å². The van der Waals surface area contributed by atoms with Crippen LogP contribution in [0.15, 0.2) is 64.4 Å². The van der Waals surface area contributed by atoms with E-state index in [0.717, 1.165) is 5.57 Å². The second-order valence-corrected chi connectivity index (χ2v) is 16.5. The summed E-state index contributed by atoms with van der Waals surface area (Å²) in [7, 11) is 2.83. The van der Waals surface area contributed by atoms with Crippen molar-refractivity contribution in [3.05, 3.63) is 59.3 Å². The van der Waals surface area contributed by atoms with Gasteiger partial charge in [-0.3, -0.25) is 4.79 Å². The Labute approximate surface area is 329 Å². The third-order valence-corrected chi connectivity index (χ3v) is 12.0. The van der Waals surface area contributed by atoms with E-state index < -0.39 is 78.4 Å². The lowest BCUT2D eigenvalue weighted by molar-refractivity contribution is -0.299. The Morgan fingerprint density at radius 3 is 2.54 bits per heavy atom. The number of hydrazone groups is 1. The van der Waals surface area contributed by atoms with E-state index in [4.69, 9.17) is 33.2 Å². The maximum atomic E-state index is 14.2. The molecule has 14 heteroatoms. The Bertz CT molecular complexity index is 1650. The number of aliphatic hydroxyl groups excluding tert-OH is 1. The number of allylic oxidation sites excluding steroid dienone is 2. The molecule has 0 unspecified atom stereocenters. The van der Waals surface area contributed by atoms with Crippen LogP contribution in [-0.2, 0) is 42.7 Å². The first-order valence-electron chi connectivity index (χ1n) is 19.8. The van der Waals surface area contributed by atoms with Gasteiger partial charge in [-0.15, -0.1) is 0 Å². The molecule has 3 fully saturated rings.